The molecule has 0 radical (unpaired) electrons. The maximum Gasteiger partial charge on any atom is 0.227 e. The summed E-state index contributed by atoms with van der Waals surface area (Å²) in [6.45, 7) is 3.85. The van der Waals surface area contributed by atoms with Gasteiger partial charge >= 0.3 is 0 Å². The van der Waals surface area contributed by atoms with Crippen LogP contribution in [0.2, 0.25) is 0 Å². The van der Waals surface area contributed by atoms with Gasteiger partial charge < -0.3 is 9.84 Å². The van der Waals surface area contributed by atoms with E-state index in [4.69, 9.17) is 4.52 Å². The molecule has 1 aromatic heterocycles. The Hall–Kier alpha value is -1.75. The van der Waals surface area contributed by atoms with Gasteiger partial charge in [0.15, 0.2) is 0 Å². The minimum Gasteiger partial charge on any atom is -0.339 e. The van der Waals surface area contributed by atoms with Gasteiger partial charge in [0.25, 0.3) is 0 Å². The molecule has 0 amide bonds. The first-order valence-corrected chi connectivity index (χ1v) is 6.02. The van der Waals surface area contributed by atoms with E-state index in [9.17, 15) is 4.39 Å². The van der Waals surface area contributed by atoms with Gasteiger partial charge in [-0.05, 0) is 49.7 Å². The Morgan fingerprint density at radius 1 is 1.44 bits per heavy atom. The third-order valence-corrected chi connectivity index (χ3v) is 3.23. The average molecular weight is 247 g/mol. The Labute approximate surface area is 104 Å². The zero-order valence-electron chi connectivity index (χ0n) is 10.1. The number of aryl methyl sites for hydroxylation is 1. The molecular weight excluding hydrogens is 233 g/mol. The molecule has 0 spiro atoms. The fourth-order valence-corrected chi connectivity index (χ4v) is 2.06. The lowest BCUT2D eigenvalue weighted by atomic mass is 10.00. The number of nitrogens with one attached hydrogen (secondary N) is 1. The standard InChI is InChI=1S/C13H14FN3O/c1-8-4-10(14)2-3-11(8)13-16-12(18-17-13)5-9-6-15-7-9/h2-4,9,15H,5-7H2,1H3. The lowest BCUT2D eigenvalue weighted by Gasteiger charge is -2.25. The quantitative estimate of drug-likeness (QED) is 0.900. The van der Waals surface area contributed by atoms with Crippen molar-refractivity contribution in [1.29, 1.82) is 0 Å². The second-order valence-corrected chi connectivity index (χ2v) is 4.70. The van der Waals surface area contributed by atoms with E-state index in [2.05, 4.69) is 15.5 Å². The zero-order chi connectivity index (χ0) is 12.5. The first-order valence-electron chi connectivity index (χ1n) is 6.02. The number of nitrogens with zero attached hydrogens (tertiary/aromatic N) is 2. The first kappa shape index (κ1) is 11.3. The number of aromatic nitrogens is 2. The van der Waals surface area contributed by atoms with Gasteiger partial charge in [-0.1, -0.05) is 5.16 Å². The average Bonchev–Trinajstić information content (AvgIpc) is 2.72. The predicted octanol–water partition coefficient (Wildman–Crippen LogP) is 1.95. The summed E-state index contributed by atoms with van der Waals surface area (Å²) in [4.78, 5) is 4.36. The molecule has 2 heterocycles. The fourth-order valence-electron chi connectivity index (χ4n) is 2.06. The second kappa shape index (κ2) is 4.49. The van der Waals surface area contributed by atoms with Crippen molar-refractivity contribution in [2.24, 2.45) is 5.92 Å². The number of benzene rings is 1. The van der Waals surface area contributed by atoms with Crippen LogP contribution in [0.3, 0.4) is 0 Å². The largest absolute Gasteiger partial charge is 0.339 e. The third-order valence-electron chi connectivity index (χ3n) is 3.23. The highest BCUT2D eigenvalue weighted by Crippen LogP contribution is 2.22. The van der Waals surface area contributed by atoms with Crippen molar-refractivity contribution in [3.05, 3.63) is 35.5 Å². The Morgan fingerprint density at radius 2 is 2.28 bits per heavy atom. The molecule has 0 saturated carbocycles. The molecule has 4 nitrogen and oxygen atoms in total. The molecule has 94 valence electrons. The van der Waals surface area contributed by atoms with Gasteiger partial charge in [-0.25, -0.2) is 4.39 Å². The first-order chi connectivity index (χ1) is 8.72. The van der Waals surface area contributed by atoms with E-state index in [0.29, 0.717) is 17.6 Å². The summed E-state index contributed by atoms with van der Waals surface area (Å²) in [6.07, 6.45) is 0.806. The highest BCUT2D eigenvalue weighted by molar-refractivity contribution is 5.59. The van der Waals surface area contributed by atoms with Crippen molar-refractivity contribution in [2.45, 2.75) is 13.3 Å². The Bertz CT molecular complexity index is 563. The minimum atomic E-state index is -0.250. The van der Waals surface area contributed by atoms with Crippen molar-refractivity contribution in [2.75, 3.05) is 13.1 Å². The predicted molar refractivity (Wildman–Crippen MR) is 64.5 cm³/mol. The normalized spacial score (nSPS) is 15.7. The van der Waals surface area contributed by atoms with Crippen LogP contribution in [0.5, 0.6) is 0 Å². The summed E-state index contributed by atoms with van der Waals surface area (Å²) in [5, 5.41) is 7.16. The van der Waals surface area contributed by atoms with Crippen LogP contribution in [0.15, 0.2) is 22.7 Å². The third kappa shape index (κ3) is 2.13. The van der Waals surface area contributed by atoms with Crippen molar-refractivity contribution in [1.82, 2.24) is 15.5 Å². The van der Waals surface area contributed by atoms with E-state index >= 15 is 0 Å². The Kier molecular flexibility index (Phi) is 2.83. The van der Waals surface area contributed by atoms with Gasteiger partial charge in [-0.2, -0.15) is 4.98 Å². The lowest BCUT2D eigenvalue weighted by Crippen LogP contribution is -2.43. The molecule has 0 atom stereocenters. The molecule has 1 aromatic carbocycles. The van der Waals surface area contributed by atoms with Crippen LogP contribution in [0.25, 0.3) is 11.4 Å². The molecule has 5 heteroatoms. The van der Waals surface area contributed by atoms with E-state index in [-0.39, 0.29) is 5.82 Å². The number of rotatable bonds is 3. The maximum atomic E-state index is 13.0. The Balaban J connectivity index is 1.83. The summed E-state index contributed by atoms with van der Waals surface area (Å²) >= 11 is 0. The SMILES string of the molecule is Cc1cc(F)ccc1-c1noc(CC2CNC2)n1. The van der Waals surface area contributed by atoms with Crippen molar-refractivity contribution in [3.8, 4) is 11.4 Å². The van der Waals surface area contributed by atoms with E-state index in [1.54, 1.807) is 6.07 Å². The molecule has 0 unspecified atom stereocenters. The van der Waals surface area contributed by atoms with E-state index in [1.165, 1.54) is 12.1 Å². The molecule has 18 heavy (non-hydrogen) atoms. The lowest BCUT2D eigenvalue weighted by molar-refractivity contribution is 0.296. The van der Waals surface area contributed by atoms with E-state index < -0.39 is 0 Å². The van der Waals surface area contributed by atoms with Gasteiger partial charge in [-0.15, -0.1) is 0 Å². The fraction of sp³-hybridized carbons (Fsp3) is 0.385. The monoisotopic (exact) mass is 247 g/mol. The highest BCUT2D eigenvalue weighted by atomic mass is 19.1. The molecule has 2 aromatic rings. The van der Waals surface area contributed by atoms with Crippen LogP contribution in [-0.4, -0.2) is 23.2 Å². The van der Waals surface area contributed by atoms with Crippen LogP contribution in [0.1, 0.15) is 11.5 Å². The molecule has 1 saturated heterocycles. The summed E-state index contributed by atoms with van der Waals surface area (Å²) in [6, 6.07) is 4.57. The van der Waals surface area contributed by atoms with Gasteiger partial charge in [0.05, 0.1) is 0 Å². The van der Waals surface area contributed by atoms with E-state index in [1.807, 2.05) is 6.92 Å². The van der Waals surface area contributed by atoms with Gasteiger partial charge in [0, 0.05) is 12.0 Å². The molecule has 1 aliphatic heterocycles. The summed E-state index contributed by atoms with van der Waals surface area (Å²) in [7, 11) is 0. The van der Waals surface area contributed by atoms with Crippen molar-refractivity contribution >= 4 is 0 Å². The van der Waals surface area contributed by atoms with E-state index in [0.717, 1.165) is 30.6 Å². The Morgan fingerprint density at radius 3 is 2.94 bits per heavy atom. The zero-order valence-corrected chi connectivity index (χ0v) is 10.1. The molecule has 1 aliphatic rings. The van der Waals surface area contributed by atoms with Crippen LogP contribution in [0, 0.1) is 18.7 Å². The van der Waals surface area contributed by atoms with Gasteiger partial charge in [0.1, 0.15) is 5.82 Å². The molecule has 0 bridgehead atoms. The van der Waals surface area contributed by atoms with Crippen molar-refractivity contribution in [3.63, 3.8) is 0 Å². The molecule has 3 rings (SSSR count). The minimum absolute atomic E-state index is 0.250. The topological polar surface area (TPSA) is 51.0 Å². The number of halogens is 1. The van der Waals surface area contributed by atoms with Crippen LogP contribution in [0.4, 0.5) is 4.39 Å². The maximum absolute atomic E-state index is 13.0. The summed E-state index contributed by atoms with van der Waals surface area (Å²) < 4.78 is 18.3. The van der Waals surface area contributed by atoms with Gasteiger partial charge in [0.2, 0.25) is 11.7 Å². The summed E-state index contributed by atoms with van der Waals surface area (Å²) in [5.74, 6) is 1.53. The molecule has 0 aliphatic carbocycles. The number of hydrogen-bond donors (Lipinski definition) is 1. The van der Waals surface area contributed by atoms with Crippen LogP contribution < -0.4 is 5.32 Å². The smallest absolute Gasteiger partial charge is 0.227 e. The van der Waals surface area contributed by atoms with Crippen LogP contribution >= 0.6 is 0 Å². The number of hydrogen-bond acceptors (Lipinski definition) is 4. The molecule has 1 fully saturated rings. The van der Waals surface area contributed by atoms with Crippen LogP contribution in [-0.2, 0) is 6.42 Å². The molecular formula is C13H14FN3O. The molecule has 1 N–H and O–H groups in total. The van der Waals surface area contributed by atoms with Crippen molar-refractivity contribution < 1.29 is 8.91 Å². The second-order valence-electron chi connectivity index (χ2n) is 4.70. The van der Waals surface area contributed by atoms with Gasteiger partial charge in [-0.3, -0.25) is 0 Å². The highest BCUT2D eigenvalue weighted by Gasteiger charge is 2.20. The summed E-state index contributed by atoms with van der Waals surface area (Å²) in [5.41, 5.74) is 1.63.